The van der Waals surface area contributed by atoms with E-state index in [2.05, 4.69) is 62.4 Å². The molecule has 2 aliphatic rings. The maximum Gasteiger partial charge on any atom is 0.134 e. The Morgan fingerprint density at radius 2 is 1.58 bits per heavy atom. The molecule has 0 aromatic heterocycles. The number of fused-ring (bicyclic) bond motifs is 1. The lowest BCUT2D eigenvalue weighted by Crippen LogP contribution is -2.25. The summed E-state index contributed by atoms with van der Waals surface area (Å²) in [6.45, 7) is 4.31. The molecular formula is C32H43F. The van der Waals surface area contributed by atoms with Gasteiger partial charge in [0.1, 0.15) is 5.82 Å². The van der Waals surface area contributed by atoms with Crippen molar-refractivity contribution in [3.8, 4) is 0 Å². The molecule has 0 aliphatic heterocycles. The number of aryl methyl sites for hydroxylation is 1. The molecule has 33 heavy (non-hydrogen) atoms. The molecule has 2 saturated carbocycles. The van der Waals surface area contributed by atoms with Gasteiger partial charge in [-0.05, 0) is 118 Å². The zero-order chi connectivity index (χ0) is 23.0. The molecule has 0 radical (unpaired) electrons. The van der Waals surface area contributed by atoms with Crippen LogP contribution in [0.5, 0.6) is 0 Å². The zero-order valence-electron chi connectivity index (χ0n) is 20.9. The summed E-state index contributed by atoms with van der Waals surface area (Å²) in [5.41, 5.74) is 2.26. The predicted molar refractivity (Wildman–Crippen MR) is 141 cm³/mol. The number of hydrogen-bond acceptors (Lipinski definition) is 0. The van der Waals surface area contributed by atoms with Crippen LogP contribution in [-0.2, 0) is 6.42 Å². The normalized spacial score (nSPS) is 26.5. The van der Waals surface area contributed by atoms with E-state index in [1.165, 1.54) is 56.9 Å². The van der Waals surface area contributed by atoms with Crippen molar-refractivity contribution < 1.29 is 4.39 Å². The van der Waals surface area contributed by atoms with Gasteiger partial charge in [-0.2, -0.15) is 0 Å². The van der Waals surface area contributed by atoms with Crippen LogP contribution in [0.1, 0.15) is 102 Å². The highest BCUT2D eigenvalue weighted by Gasteiger charge is 2.31. The van der Waals surface area contributed by atoms with Gasteiger partial charge in [0.15, 0.2) is 0 Å². The standard InChI is InChI=1S/C32H43F/c1-3-5-7-9-24-11-14-26(15-12-24)27-16-18-28(19-17-27)30-22-20-29-23-25(10-8-6-4-2)13-21-31(29)32(30)33/h4,6-7,9,13,20-24,26-28H,3,5,8,10-12,14-19H2,1-2H3/b6-4+,9-7+. The number of halogens is 1. The molecule has 2 fully saturated rings. The van der Waals surface area contributed by atoms with E-state index < -0.39 is 0 Å². The Labute approximate surface area is 201 Å². The Balaban J connectivity index is 1.33. The predicted octanol–water partition coefficient (Wildman–Crippen LogP) is 9.92. The van der Waals surface area contributed by atoms with Crippen molar-refractivity contribution in [3.63, 3.8) is 0 Å². The van der Waals surface area contributed by atoms with Crippen LogP contribution in [0.4, 0.5) is 4.39 Å². The maximum atomic E-state index is 15.5. The monoisotopic (exact) mass is 446 g/mol. The largest absolute Gasteiger partial charge is 0.206 e. The van der Waals surface area contributed by atoms with Gasteiger partial charge in [0.25, 0.3) is 0 Å². The Kier molecular flexibility index (Phi) is 8.82. The number of benzene rings is 2. The molecule has 4 rings (SSSR count). The van der Waals surface area contributed by atoms with Gasteiger partial charge in [0, 0.05) is 5.39 Å². The first-order chi connectivity index (χ1) is 16.2. The summed E-state index contributed by atoms with van der Waals surface area (Å²) < 4.78 is 15.5. The third-order valence-corrected chi connectivity index (χ3v) is 8.44. The molecule has 0 N–H and O–H groups in total. The Hall–Kier alpha value is -1.89. The Morgan fingerprint density at radius 1 is 0.848 bits per heavy atom. The smallest absolute Gasteiger partial charge is 0.134 e. The minimum atomic E-state index is 0.0373. The van der Waals surface area contributed by atoms with Crippen LogP contribution in [0.15, 0.2) is 54.6 Å². The highest BCUT2D eigenvalue weighted by molar-refractivity contribution is 5.84. The molecule has 2 aromatic rings. The fourth-order valence-electron chi connectivity index (χ4n) is 6.41. The molecule has 0 heterocycles. The van der Waals surface area contributed by atoms with Gasteiger partial charge in [0.05, 0.1) is 0 Å². The minimum Gasteiger partial charge on any atom is -0.206 e. The van der Waals surface area contributed by atoms with Gasteiger partial charge < -0.3 is 0 Å². The lowest BCUT2D eigenvalue weighted by atomic mass is 9.68. The van der Waals surface area contributed by atoms with Crippen LogP contribution >= 0.6 is 0 Å². The summed E-state index contributed by atoms with van der Waals surface area (Å²) in [6.07, 6.45) is 24.2. The number of rotatable bonds is 8. The number of allylic oxidation sites excluding steroid dienone is 4. The van der Waals surface area contributed by atoms with Crippen LogP contribution in [-0.4, -0.2) is 0 Å². The van der Waals surface area contributed by atoms with Crippen molar-refractivity contribution in [1.82, 2.24) is 0 Å². The zero-order valence-corrected chi connectivity index (χ0v) is 20.9. The molecule has 1 heteroatoms. The molecule has 0 atom stereocenters. The van der Waals surface area contributed by atoms with Gasteiger partial charge in [-0.3, -0.25) is 0 Å². The third-order valence-electron chi connectivity index (χ3n) is 8.44. The molecule has 0 nitrogen and oxygen atoms in total. The molecular weight excluding hydrogens is 403 g/mol. The molecule has 0 bridgehead atoms. The van der Waals surface area contributed by atoms with Crippen molar-refractivity contribution in [2.45, 2.75) is 96.8 Å². The van der Waals surface area contributed by atoms with Crippen LogP contribution in [0.25, 0.3) is 10.8 Å². The van der Waals surface area contributed by atoms with Crippen molar-refractivity contribution in [2.24, 2.45) is 17.8 Å². The average molecular weight is 447 g/mol. The summed E-state index contributed by atoms with van der Waals surface area (Å²) in [6, 6.07) is 10.6. The van der Waals surface area contributed by atoms with E-state index in [-0.39, 0.29) is 5.82 Å². The van der Waals surface area contributed by atoms with Crippen molar-refractivity contribution >= 4 is 10.8 Å². The number of hydrogen-bond donors (Lipinski definition) is 0. The molecule has 0 unspecified atom stereocenters. The van der Waals surface area contributed by atoms with Crippen molar-refractivity contribution in [3.05, 3.63) is 71.6 Å². The van der Waals surface area contributed by atoms with Crippen LogP contribution < -0.4 is 0 Å². The second kappa shape index (κ2) is 12.0. The quantitative estimate of drug-likeness (QED) is 0.354. The van der Waals surface area contributed by atoms with Gasteiger partial charge in [-0.25, -0.2) is 4.39 Å². The lowest BCUT2D eigenvalue weighted by molar-refractivity contribution is 0.171. The summed E-state index contributed by atoms with van der Waals surface area (Å²) in [7, 11) is 0. The highest BCUT2D eigenvalue weighted by atomic mass is 19.1. The van der Waals surface area contributed by atoms with E-state index in [9.17, 15) is 0 Å². The van der Waals surface area contributed by atoms with E-state index in [1.807, 2.05) is 6.07 Å². The van der Waals surface area contributed by atoms with E-state index in [1.54, 1.807) is 0 Å². The topological polar surface area (TPSA) is 0 Å². The van der Waals surface area contributed by atoms with Crippen LogP contribution in [0, 0.1) is 23.6 Å². The summed E-state index contributed by atoms with van der Waals surface area (Å²) in [5, 5.41) is 1.85. The van der Waals surface area contributed by atoms with Gasteiger partial charge in [0.2, 0.25) is 0 Å². The van der Waals surface area contributed by atoms with E-state index in [4.69, 9.17) is 0 Å². The fraction of sp³-hybridized carbons (Fsp3) is 0.562. The van der Waals surface area contributed by atoms with E-state index in [0.29, 0.717) is 5.92 Å². The second-order valence-corrected chi connectivity index (χ2v) is 10.6. The minimum absolute atomic E-state index is 0.0373. The molecule has 2 aromatic carbocycles. The Bertz CT molecular complexity index is 936. The average Bonchev–Trinajstić information content (AvgIpc) is 2.85. The molecule has 0 amide bonds. The van der Waals surface area contributed by atoms with Gasteiger partial charge in [-0.15, -0.1) is 0 Å². The first kappa shape index (κ1) is 24.2. The first-order valence-corrected chi connectivity index (χ1v) is 13.7. The Morgan fingerprint density at radius 3 is 2.27 bits per heavy atom. The second-order valence-electron chi connectivity index (χ2n) is 10.6. The van der Waals surface area contributed by atoms with E-state index in [0.717, 1.165) is 59.8 Å². The molecule has 0 spiro atoms. The van der Waals surface area contributed by atoms with Crippen molar-refractivity contribution in [2.75, 3.05) is 0 Å². The SMILES string of the molecule is C/C=C/CCc1ccc2c(F)c(C3CCC(C4CCC(/C=C/CCC)CC4)CC3)ccc2c1. The molecule has 2 aliphatic carbocycles. The first-order valence-electron chi connectivity index (χ1n) is 13.7. The molecule has 0 saturated heterocycles. The summed E-state index contributed by atoms with van der Waals surface area (Å²) in [5.74, 6) is 3.03. The maximum absolute atomic E-state index is 15.5. The number of unbranched alkanes of at least 4 members (excludes halogenated alkanes) is 1. The van der Waals surface area contributed by atoms with Crippen molar-refractivity contribution in [1.29, 1.82) is 0 Å². The molecule has 178 valence electrons. The fourth-order valence-corrected chi connectivity index (χ4v) is 6.41. The summed E-state index contributed by atoms with van der Waals surface area (Å²) in [4.78, 5) is 0. The highest BCUT2D eigenvalue weighted by Crippen LogP contribution is 2.45. The van der Waals surface area contributed by atoms with E-state index >= 15 is 4.39 Å². The lowest BCUT2D eigenvalue weighted by Gasteiger charge is -2.37. The van der Waals surface area contributed by atoms with Crippen LogP contribution in [0.2, 0.25) is 0 Å². The summed E-state index contributed by atoms with van der Waals surface area (Å²) >= 11 is 0. The van der Waals surface area contributed by atoms with Crippen LogP contribution in [0.3, 0.4) is 0 Å². The van der Waals surface area contributed by atoms with Gasteiger partial charge in [-0.1, -0.05) is 68.0 Å². The van der Waals surface area contributed by atoms with Gasteiger partial charge >= 0.3 is 0 Å². The third kappa shape index (κ3) is 6.17.